The van der Waals surface area contributed by atoms with Crippen molar-refractivity contribution in [2.75, 3.05) is 40.3 Å². The highest BCUT2D eigenvalue weighted by Crippen LogP contribution is 2.23. The topological polar surface area (TPSA) is 49.9 Å². The minimum absolute atomic E-state index is 0.0321. The lowest BCUT2D eigenvalue weighted by Gasteiger charge is -2.31. The first kappa shape index (κ1) is 14.2. The number of rotatable bonds is 3. The molecule has 0 amide bonds. The summed E-state index contributed by atoms with van der Waals surface area (Å²) in [6.45, 7) is 2.20. The Morgan fingerprint density at radius 2 is 1.84 bits per heavy atom. The van der Waals surface area contributed by atoms with Gasteiger partial charge in [0.05, 0.1) is 12.0 Å². The summed E-state index contributed by atoms with van der Waals surface area (Å²) in [6, 6.07) is 3.71. The van der Waals surface area contributed by atoms with Crippen molar-refractivity contribution >= 4 is 10.0 Å². The number of ether oxygens (including phenoxy) is 1. The molecule has 1 fully saturated rings. The van der Waals surface area contributed by atoms with Crippen LogP contribution in [0.4, 0.5) is 4.39 Å². The molecule has 19 heavy (non-hydrogen) atoms. The monoisotopic (exact) mass is 288 g/mol. The molecule has 7 heteroatoms. The van der Waals surface area contributed by atoms with Gasteiger partial charge < -0.3 is 9.64 Å². The first-order chi connectivity index (χ1) is 8.95. The van der Waals surface area contributed by atoms with Crippen molar-refractivity contribution in [2.24, 2.45) is 0 Å². The molecule has 1 heterocycles. The zero-order chi connectivity index (χ0) is 14.0. The molecule has 1 aliphatic heterocycles. The zero-order valence-corrected chi connectivity index (χ0v) is 11.8. The van der Waals surface area contributed by atoms with Crippen molar-refractivity contribution in [1.29, 1.82) is 0 Å². The number of sulfonamides is 1. The lowest BCUT2D eigenvalue weighted by molar-refractivity contribution is 0.222. The summed E-state index contributed by atoms with van der Waals surface area (Å²) in [5, 5.41) is 0. The second-order valence-electron chi connectivity index (χ2n) is 4.50. The van der Waals surface area contributed by atoms with Crippen molar-refractivity contribution in [2.45, 2.75) is 4.90 Å². The second kappa shape index (κ2) is 5.44. The van der Waals surface area contributed by atoms with Crippen molar-refractivity contribution in [3.63, 3.8) is 0 Å². The Kier molecular flexibility index (Phi) is 4.07. The van der Waals surface area contributed by atoms with Gasteiger partial charge in [0.2, 0.25) is 10.0 Å². The van der Waals surface area contributed by atoms with Gasteiger partial charge in [-0.3, -0.25) is 0 Å². The molecule has 5 nitrogen and oxygen atoms in total. The van der Waals surface area contributed by atoms with Gasteiger partial charge in [0.1, 0.15) is 0 Å². The van der Waals surface area contributed by atoms with Crippen LogP contribution in [0.1, 0.15) is 0 Å². The van der Waals surface area contributed by atoms with Crippen LogP contribution in [0.2, 0.25) is 0 Å². The molecule has 2 rings (SSSR count). The number of methoxy groups -OCH3 is 1. The number of likely N-dealkylation sites (N-methyl/N-ethyl adjacent to an activating group) is 1. The van der Waals surface area contributed by atoms with E-state index in [0.29, 0.717) is 26.2 Å². The van der Waals surface area contributed by atoms with E-state index in [1.165, 1.54) is 23.5 Å². The Morgan fingerprint density at radius 3 is 2.37 bits per heavy atom. The van der Waals surface area contributed by atoms with Crippen molar-refractivity contribution < 1.29 is 17.5 Å². The van der Waals surface area contributed by atoms with E-state index in [1.54, 1.807) is 0 Å². The van der Waals surface area contributed by atoms with Gasteiger partial charge in [0.25, 0.3) is 0 Å². The molecule has 0 bridgehead atoms. The van der Waals surface area contributed by atoms with Gasteiger partial charge in [0.15, 0.2) is 11.6 Å². The summed E-state index contributed by atoms with van der Waals surface area (Å²) in [4.78, 5) is 2.02. The minimum Gasteiger partial charge on any atom is -0.494 e. The number of halogens is 1. The van der Waals surface area contributed by atoms with Crippen molar-refractivity contribution in [1.82, 2.24) is 9.21 Å². The molecule has 1 aromatic carbocycles. The minimum atomic E-state index is -3.62. The van der Waals surface area contributed by atoms with Crippen LogP contribution in [-0.4, -0.2) is 58.0 Å². The fraction of sp³-hybridized carbons (Fsp3) is 0.500. The van der Waals surface area contributed by atoms with Gasteiger partial charge in [-0.2, -0.15) is 4.31 Å². The van der Waals surface area contributed by atoms with E-state index in [0.717, 1.165) is 6.07 Å². The average Bonchev–Trinajstić information content (AvgIpc) is 2.39. The molecule has 0 unspecified atom stereocenters. The lowest BCUT2D eigenvalue weighted by Crippen LogP contribution is -2.47. The molecule has 0 aromatic heterocycles. The summed E-state index contributed by atoms with van der Waals surface area (Å²) in [6.07, 6.45) is 0. The fourth-order valence-electron chi connectivity index (χ4n) is 1.99. The highest BCUT2D eigenvalue weighted by molar-refractivity contribution is 7.89. The fourth-order valence-corrected chi connectivity index (χ4v) is 3.42. The third kappa shape index (κ3) is 2.88. The molecule has 0 radical (unpaired) electrons. The molecule has 1 saturated heterocycles. The molecule has 0 atom stereocenters. The third-order valence-corrected chi connectivity index (χ3v) is 5.12. The summed E-state index contributed by atoms with van der Waals surface area (Å²) < 4.78 is 44.5. The van der Waals surface area contributed by atoms with Crippen LogP contribution in [-0.2, 0) is 10.0 Å². The van der Waals surface area contributed by atoms with E-state index < -0.39 is 15.8 Å². The van der Waals surface area contributed by atoms with Gasteiger partial charge >= 0.3 is 0 Å². The van der Waals surface area contributed by atoms with Crippen LogP contribution in [0.3, 0.4) is 0 Å². The van der Waals surface area contributed by atoms with E-state index in [9.17, 15) is 12.8 Å². The largest absolute Gasteiger partial charge is 0.494 e. The molecule has 0 N–H and O–H groups in total. The van der Waals surface area contributed by atoms with E-state index >= 15 is 0 Å². The molecule has 0 aliphatic carbocycles. The summed E-state index contributed by atoms with van der Waals surface area (Å²) in [7, 11) is -0.340. The molecule has 1 aromatic rings. The Labute approximate surface area is 112 Å². The quantitative estimate of drug-likeness (QED) is 0.824. The van der Waals surface area contributed by atoms with Gasteiger partial charge in [-0.05, 0) is 25.2 Å². The maximum Gasteiger partial charge on any atom is 0.243 e. The molecule has 106 valence electrons. The van der Waals surface area contributed by atoms with Crippen LogP contribution in [0, 0.1) is 5.82 Å². The summed E-state index contributed by atoms with van der Waals surface area (Å²) in [5.74, 6) is -0.630. The maximum absolute atomic E-state index is 13.6. The number of hydrogen-bond acceptors (Lipinski definition) is 4. The molecular formula is C12H17FN2O3S. The molecule has 1 aliphatic rings. The first-order valence-corrected chi connectivity index (χ1v) is 7.41. The van der Waals surface area contributed by atoms with Crippen molar-refractivity contribution in [3.8, 4) is 5.75 Å². The van der Waals surface area contributed by atoms with Crippen LogP contribution in [0.15, 0.2) is 23.1 Å². The highest BCUT2D eigenvalue weighted by Gasteiger charge is 2.28. The number of hydrogen-bond donors (Lipinski definition) is 0. The smallest absolute Gasteiger partial charge is 0.243 e. The summed E-state index contributed by atoms with van der Waals surface area (Å²) in [5.41, 5.74) is 0. The highest BCUT2D eigenvalue weighted by atomic mass is 32.2. The standard InChI is InChI=1S/C12H17FN2O3S/c1-14-5-7-15(8-6-14)19(16,17)10-3-4-12(18-2)11(13)9-10/h3-4,9H,5-8H2,1-2H3. The Hall–Kier alpha value is -1.18. The van der Waals surface area contributed by atoms with E-state index in [4.69, 9.17) is 4.74 Å². The van der Waals surface area contributed by atoms with Gasteiger partial charge in [-0.25, -0.2) is 12.8 Å². The second-order valence-corrected chi connectivity index (χ2v) is 6.44. The van der Waals surface area contributed by atoms with E-state index in [2.05, 4.69) is 4.90 Å². The molecule has 0 saturated carbocycles. The normalized spacial score (nSPS) is 18.5. The lowest BCUT2D eigenvalue weighted by atomic mass is 10.3. The molecule has 0 spiro atoms. The number of nitrogens with zero attached hydrogens (tertiary/aromatic N) is 2. The van der Waals surface area contributed by atoms with Gasteiger partial charge in [-0.15, -0.1) is 0 Å². The number of benzene rings is 1. The van der Waals surface area contributed by atoms with Crippen LogP contribution >= 0.6 is 0 Å². The predicted molar refractivity (Wildman–Crippen MR) is 69.2 cm³/mol. The molecular weight excluding hydrogens is 271 g/mol. The average molecular weight is 288 g/mol. The zero-order valence-electron chi connectivity index (χ0n) is 11.0. The maximum atomic E-state index is 13.6. The predicted octanol–water partition coefficient (Wildman–Crippen LogP) is 0.770. The van der Waals surface area contributed by atoms with Crippen molar-refractivity contribution in [3.05, 3.63) is 24.0 Å². The van der Waals surface area contributed by atoms with Gasteiger partial charge in [-0.1, -0.05) is 0 Å². The Morgan fingerprint density at radius 1 is 1.21 bits per heavy atom. The van der Waals surface area contributed by atoms with Crippen LogP contribution < -0.4 is 4.74 Å². The Bertz CT molecular complexity index is 554. The van der Waals surface area contributed by atoms with E-state index in [1.807, 2.05) is 7.05 Å². The number of piperazine rings is 1. The first-order valence-electron chi connectivity index (χ1n) is 5.97. The SMILES string of the molecule is COc1ccc(S(=O)(=O)N2CCN(C)CC2)cc1F. The summed E-state index contributed by atoms with van der Waals surface area (Å²) >= 11 is 0. The Balaban J connectivity index is 2.27. The van der Waals surface area contributed by atoms with Crippen LogP contribution in [0.25, 0.3) is 0 Å². The van der Waals surface area contributed by atoms with Gasteiger partial charge in [0, 0.05) is 26.2 Å². The van der Waals surface area contributed by atoms with E-state index in [-0.39, 0.29) is 10.6 Å². The third-order valence-electron chi connectivity index (χ3n) is 3.22. The van der Waals surface area contributed by atoms with Crippen LogP contribution in [0.5, 0.6) is 5.75 Å².